The second kappa shape index (κ2) is 9.55. The Bertz CT molecular complexity index is 524. The molecule has 0 amide bonds. The van der Waals surface area contributed by atoms with E-state index in [1.54, 1.807) is 0 Å². The van der Waals surface area contributed by atoms with E-state index in [9.17, 15) is 0 Å². The molecule has 2 saturated heterocycles. The van der Waals surface area contributed by atoms with Gasteiger partial charge >= 0.3 is 0 Å². The molecule has 0 radical (unpaired) electrons. The zero-order chi connectivity index (χ0) is 17.5. The number of rotatable bonds is 7. The fourth-order valence-corrected chi connectivity index (χ4v) is 4.98. The summed E-state index contributed by atoms with van der Waals surface area (Å²) in [6, 6.07) is 5.54. The molecule has 1 aromatic heterocycles. The fourth-order valence-electron chi connectivity index (χ4n) is 4.11. The Hall–Kier alpha value is -1.11. The molecule has 1 aromatic rings. The minimum Gasteiger partial charge on any atom is -0.355 e. The van der Waals surface area contributed by atoms with Crippen LogP contribution in [-0.2, 0) is 0 Å². The van der Waals surface area contributed by atoms with Crippen LogP contribution in [0.15, 0.2) is 22.5 Å². The third kappa shape index (κ3) is 4.96. The van der Waals surface area contributed by atoms with Gasteiger partial charge in [0.2, 0.25) is 0 Å². The molecule has 2 fully saturated rings. The first-order chi connectivity index (χ1) is 12.3. The van der Waals surface area contributed by atoms with Crippen molar-refractivity contribution in [2.45, 2.75) is 44.7 Å². The van der Waals surface area contributed by atoms with Crippen molar-refractivity contribution in [1.82, 2.24) is 20.4 Å². The average Bonchev–Trinajstić information content (AvgIpc) is 3.40. The van der Waals surface area contributed by atoms with Crippen molar-refractivity contribution < 1.29 is 0 Å². The van der Waals surface area contributed by atoms with E-state index in [0.717, 1.165) is 25.6 Å². The zero-order valence-corrected chi connectivity index (χ0v) is 16.5. The summed E-state index contributed by atoms with van der Waals surface area (Å²) in [4.78, 5) is 11.1. The van der Waals surface area contributed by atoms with E-state index in [1.165, 1.54) is 50.2 Å². The summed E-state index contributed by atoms with van der Waals surface area (Å²) in [6.07, 6.45) is 5.26. The van der Waals surface area contributed by atoms with Crippen LogP contribution in [0.4, 0.5) is 0 Å². The Morgan fingerprint density at radius 3 is 2.80 bits per heavy atom. The number of thiophene rings is 1. The predicted octanol–water partition coefficient (Wildman–Crippen LogP) is 2.53. The second-order valence-electron chi connectivity index (χ2n) is 7.03. The molecule has 5 nitrogen and oxygen atoms in total. The van der Waals surface area contributed by atoms with E-state index < -0.39 is 0 Å². The first-order valence-corrected chi connectivity index (χ1v) is 10.7. The highest BCUT2D eigenvalue weighted by atomic mass is 32.1. The van der Waals surface area contributed by atoms with Crippen LogP contribution in [0.2, 0.25) is 0 Å². The summed E-state index contributed by atoms with van der Waals surface area (Å²) in [6.45, 7) is 8.97. The van der Waals surface area contributed by atoms with E-state index in [0.29, 0.717) is 12.1 Å². The number of likely N-dealkylation sites (tertiary alicyclic amines) is 2. The number of aliphatic imine (C=N–C) groups is 1. The van der Waals surface area contributed by atoms with Gasteiger partial charge in [0, 0.05) is 31.1 Å². The molecular formula is C19H33N5S. The standard InChI is InChI=1S/C19H33N5S/c1-3-23-12-6-8-16(23)14-21-19(20-2)22-15-17(18-9-7-13-25-18)24-10-4-5-11-24/h7,9,13,16-17H,3-6,8,10-12,14-15H2,1-2H3,(H2,20,21,22). The summed E-state index contributed by atoms with van der Waals surface area (Å²) >= 11 is 1.87. The topological polar surface area (TPSA) is 42.9 Å². The molecule has 0 saturated carbocycles. The predicted molar refractivity (Wildman–Crippen MR) is 108 cm³/mol. The Labute approximate surface area is 156 Å². The number of hydrogen-bond acceptors (Lipinski definition) is 4. The monoisotopic (exact) mass is 363 g/mol. The van der Waals surface area contributed by atoms with Gasteiger partial charge in [-0.2, -0.15) is 0 Å². The third-order valence-electron chi connectivity index (χ3n) is 5.55. The minimum absolute atomic E-state index is 0.458. The summed E-state index contributed by atoms with van der Waals surface area (Å²) in [5.74, 6) is 0.934. The minimum atomic E-state index is 0.458. The van der Waals surface area contributed by atoms with Gasteiger partial charge in [0.1, 0.15) is 0 Å². The molecule has 140 valence electrons. The Balaban J connectivity index is 1.52. The van der Waals surface area contributed by atoms with Crippen LogP contribution in [-0.4, -0.2) is 68.1 Å². The maximum atomic E-state index is 4.44. The van der Waals surface area contributed by atoms with Gasteiger partial charge in [-0.05, 0) is 63.3 Å². The lowest BCUT2D eigenvalue weighted by atomic mass is 10.2. The molecule has 2 N–H and O–H groups in total. The van der Waals surface area contributed by atoms with Crippen molar-refractivity contribution in [2.75, 3.05) is 46.3 Å². The third-order valence-corrected chi connectivity index (χ3v) is 6.52. The maximum Gasteiger partial charge on any atom is 0.191 e. The lowest BCUT2D eigenvalue weighted by molar-refractivity contribution is 0.248. The normalized spacial score (nSPS) is 23.9. The summed E-state index contributed by atoms with van der Waals surface area (Å²) in [5, 5.41) is 9.31. The van der Waals surface area contributed by atoms with Crippen molar-refractivity contribution >= 4 is 17.3 Å². The van der Waals surface area contributed by atoms with Gasteiger partial charge in [-0.25, -0.2) is 0 Å². The first kappa shape index (κ1) is 18.7. The van der Waals surface area contributed by atoms with Crippen molar-refractivity contribution in [2.24, 2.45) is 4.99 Å². The highest BCUT2D eigenvalue weighted by molar-refractivity contribution is 7.10. The smallest absolute Gasteiger partial charge is 0.191 e. The molecule has 2 atom stereocenters. The fraction of sp³-hybridized carbons (Fsp3) is 0.737. The van der Waals surface area contributed by atoms with Crippen LogP contribution in [0.25, 0.3) is 0 Å². The molecule has 25 heavy (non-hydrogen) atoms. The molecule has 0 bridgehead atoms. The largest absolute Gasteiger partial charge is 0.355 e. The molecule has 6 heteroatoms. The average molecular weight is 364 g/mol. The summed E-state index contributed by atoms with van der Waals surface area (Å²) in [7, 11) is 1.87. The SMILES string of the molecule is CCN1CCCC1CNC(=NC)NCC(c1cccs1)N1CCCC1. The molecule has 3 heterocycles. The number of likely N-dealkylation sites (N-methyl/N-ethyl adjacent to an activating group) is 1. The zero-order valence-electron chi connectivity index (χ0n) is 15.7. The lowest BCUT2D eigenvalue weighted by Crippen LogP contribution is -2.46. The van der Waals surface area contributed by atoms with Gasteiger partial charge in [-0.1, -0.05) is 13.0 Å². The second-order valence-corrected chi connectivity index (χ2v) is 8.01. The van der Waals surface area contributed by atoms with E-state index in [2.05, 4.69) is 49.9 Å². The van der Waals surface area contributed by atoms with Gasteiger partial charge in [0.05, 0.1) is 6.04 Å². The van der Waals surface area contributed by atoms with Crippen molar-refractivity contribution in [1.29, 1.82) is 0 Å². The van der Waals surface area contributed by atoms with Crippen LogP contribution in [0.1, 0.15) is 43.5 Å². The lowest BCUT2D eigenvalue weighted by Gasteiger charge is -2.28. The summed E-state index contributed by atoms with van der Waals surface area (Å²) < 4.78 is 0. The van der Waals surface area contributed by atoms with Gasteiger partial charge in [-0.3, -0.25) is 14.8 Å². The number of nitrogens with zero attached hydrogens (tertiary/aromatic N) is 3. The number of hydrogen-bond donors (Lipinski definition) is 2. The Morgan fingerprint density at radius 1 is 1.28 bits per heavy atom. The molecule has 2 aliphatic rings. The Morgan fingerprint density at radius 2 is 2.12 bits per heavy atom. The molecule has 3 rings (SSSR count). The molecule has 0 spiro atoms. The maximum absolute atomic E-state index is 4.44. The highest BCUT2D eigenvalue weighted by Gasteiger charge is 2.25. The first-order valence-electron chi connectivity index (χ1n) is 9.77. The van der Waals surface area contributed by atoms with Crippen molar-refractivity contribution in [3.63, 3.8) is 0 Å². The highest BCUT2D eigenvalue weighted by Crippen LogP contribution is 2.27. The van der Waals surface area contributed by atoms with Gasteiger partial charge in [-0.15, -0.1) is 11.3 Å². The molecule has 0 aliphatic carbocycles. The van der Waals surface area contributed by atoms with Crippen LogP contribution in [0, 0.1) is 0 Å². The van der Waals surface area contributed by atoms with Gasteiger partial charge < -0.3 is 10.6 Å². The number of nitrogens with one attached hydrogen (secondary N) is 2. The van der Waals surface area contributed by atoms with E-state index in [1.807, 2.05) is 18.4 Å². The number of guanidine groups is 1. The van der Waals surface area contributed by atoms with E-state index in [4.69, 9.17) is 0 Å². The van der Waals surface area contributed by atoms with Crippen molar-refractivity contribution in [3.8, 4) is 0 Å². The van der Waals surface area contributed by atoms with E-state index >= 15 is 0 Å². The quantitative estimate of drug-likeness (QED) is 0.577. The molecular weight excluding hydrogens is 330 g/mol. The van der Waals surface area contributed by atoms with Crippen LogP contribution in [0.3, 0.4) is 0 Å². The molecule has 2 aliphatic heterocycles. The Kier molecular flexibility index (Phi) is 7.13. The van der Waals surface area contributed by atoms with Crippen molar-refractivity contribution in [3.05, 3.63) is 22.4 Å². The van der Waals surface area contributed by atoms with Crippen LogP contribution in [0.5, 0.6) is 0 Å². The molecule has 2 unspecified atom stereocenters. The van der Waals surface area contributed by atoms with Gasteiger partial charge in [0.25, 0.3) is 0 Å². The van der Waals surface area contributed by atoms with Crippen LogP contribution < -0.4 is 10.6 Å². The van der Waals surface area contributed by atoms with Gasteiger partial charge in [0.15, 0.2) is 5.96 Å². The molecule has 0 aromatic carbocycles. The summed E-state index contributed by atoms with van der Waals surface area (Å²) in [5.41, 5.74) is 0. The van der Waals surface area contributed by atoms with Crippen LogP contribution >= 0.6 is 11.3 Å². The van der Waals surface area contributed by atoms with E-state index in [-0.39, 0.29) is 0 Å².